The van der Waals surface area contributed by atoms with Crippen molar-refractivity contribution in [1.29, 1.82) is 0 Å². The predicted molar refractivity (Wildman–Crippen MR) is 99.3 cm³/mol. The summed E-state index contributed by atoms with van der Waals surface area (Å²) in [5.74, 6) is -2.42. The Hall–Kier alpha value is -3.47. The van der Waals surface area contributed by atoms with Gasteiger partial charge in [0.25, 0.3) is 5.91 Å². The maximum atomic E-state index is 12.4. The summed E-state index contributed by atoms with van der Waals surface area (Å²) < 4.78 is 49.5. The van der Waals surface area contributed by atoms with Crippen LogP contribution in [0.2, 0.25) is 0 Å². The number of rotatable bonds is 7. The number of nitrogens with one attached hydrogen (secondary N) is 1. The number of carbonyl (C=O) groups is 2. The van der Waals surface area contributed by atoms with Crippen molar-refractivity contribution in [1.82, 2.24) is 10.3 Å². The molecule has 7 nitrogen and oxygen atoms in total. The molecule has 1 heterocycles. The molecule has 0 atom stereocenters. The highest BCUT2D eigenvalue weighted by Gasteiger charge is 2.38. The number of ether oxygens (including phenoxy) is 1. The number of amides is 1. The van der Waals surface area contributed by atoms with Crippen LogP contribution in [-0.4, -0.2) is 41.3 Å². The van der Waals surface area contributed by atoms with Gasteiger partial charge in [0.2, 0.25) is 0 Å². The van der Waals surface area contributed by atoms with Gasteiger partial charge < -0.3 is 20.9 Å². The van der Waals surface area contributed by atoms with Crippen LogP contribution in [0.4, 0.5) is 17.6 Å². The maximum absolute atomic E-state index is 12.4. The van der Waals surface area contributed by atoms with Crippen molar-refractivity contribution in [2.24, 2.45) is 5.73 Å². The van der Waals surface area contributed by atoms with Gasteiger partial charge in [-0.3, -0.25) is 9.78 Å². The van der Waals surface area contributed by atoms with Crippen molar-refractivity contribution in [3.05, 3.63) is 71.8 Å². The minimum absolute atomic E-state index is 0.0816. The number of carboxylic acids is 1. The molecule has 4 N–H and O–H groups in total. The summed E-state index contributed by atoms with van der Waals surface area (Å²) in [4.78, 5) is 25.1. The third kappa shape index (κ3) is 9.15. The number of carboxylic acid groups (broad SMARTS) is 1. The number of carbonyl (C=O) groups excluding carboxylic acids is 1. The highest BCUT2D eigenvalue weighted by molar-refractivity contribution is 5.94. The molecule has 0 saturated carbocycles. The zero-order valence-corrected chi connectivity index (χ0v) is 15.5. The van der Waals surface area contributed by atoms with Gasteiger partial charge in [-0.25, -0.2) is 9.18 Å². The Labute approximate surface area is 169 Å². The van der Waals surface area contributed by atoms with Crippen LogP contribution < -0.4 is 15.8 Å². The number of benzene rings is 1. The van der Waals surface area contributed by atoms with Crippen LogP contribution in [-0.2, 0) is 11.3 Å². The second-order valence-electron chi connectivity index (χ2n) is 5.59. The second kappa shape index (κ2) is 12.2. The summed E-state index contributed by atoms with van der Waals surface area (Å²) in [7, 11) is 0. The number of alkyl halides is 3. The number of nitrogens with zero attached hydrogens (tertiary/aromatic N) is 1. The van der Waals surface area contributed by atoms with E-state index in [1.165, 1.54) is 0 Å². The van der Waals surface area contributed by atoms with Crippen molar-refractivity contribution in [2.45, 2.75) is 12.7 Å². The average molecular weight is 429 g/mol. The van der Waals surface area contributed by atoms with Gasteiger partial charge in [0.1, 0.15) is 12.4 Å². The molecule has 1 aromatic heterocycles. The van der Waals surface area contributed by atoms with Gasteiger partial charge in [0.05, 0.1) is 18.6 Å². The summed E-state index contributed by atoms with van der Waals surface area (Å²) in [6, 6.07) is 12.1. The minimum atomic E-state index is -5.08. The lowest BCUT2D eigenvalue weighted by atomic mass is 10.2. The average Bonchev–Trinajstić information content (AvgIpc) is 2.73. The second-order valence-corrected chi connectivity index (χ2v) is 5.59. The molecule has 0 aliphatic rings. The third-order valence-corrected chi connectivity index (χ3v) is 3.36. The molecule has 11 heteroatoms. The molecule has 0 saturated heterocycles. The van der Waals surface area contributed by atoms with Crippen molar-refractivity contribution in [2.75, 3.05) is 13.2 Å². The van der Waals surface area contributed by atoms with Gasteiger partial charge in [-0.1, -0.05) is 6.07 Å². The molecular formula is C19H19F4N3O4. The maximum Gasteiger partial charge on any atom is 0.490 e. The zero-order valence-electron chi connectivity index (χ0n) is 15.5. The van der Waals surface area contributed by atoms with Crippen LogP contribution in [0.5, 0.6) is 5.75 Å². The number of halogens is 4. The Morgan fingerprint density at radius 2 is 1.80 bits per heavy atom. The third-order valence-electron chi connectivity index (χ3n) is 3.36. The Kier molecular flexibility index (Phi) is 9.97. The van der Waals surface area contributed by atoms with Crippen LogP contribution in [0.3, 0.4) is 0 Å². The molecule has 1 amide bonds. The Morgan fingerprint density at radius 3 is 2.27 bits per heavy atom. The predicted octanol–water partition coefficient (Wildman–Crippen LogP) is 2.84. The number of nitrogens with two attached hydrogens (primary N) is 1. The van der Waals surface area contributed by atoms with Gasteiger partial charge in [-0.15, -0.1) is 0 Å². The summed E-state index contributed by atoms with van der Waals surface area (Å²) >= 11 is 0. The molecule has 0 aliphatic carbocycles. The summed E-state index contributed by atoms with van der Waals surface area (Å²) in [6.45, 7) is 0.543. The first-order valence-electron chi connectivity index (χ1n) is 8.36. The summed E-state index contributed by atoms with van der Waals surface area (Å²) in [5.41, 5.74) is 7.00. The highest BCUT2D eigenvalue weighted by Crippen LogP contribution is 2.14. The molecule has 1 aromatic carbocycles. The lowest BCUT2D eigenvalue weighted by Gasteiger charge is -2.08. The molecule has 0 bridgehead atoms. The standard InChI is InChI=1S/C17H18FN3O2.C2HF3O2/c18-9-13(10-19)12-23-16-6-4-14(5-7-16)17(22)21-11-15-3-1-2-8-20-15;3-2(4,5)1(6)7/h1-9H,10-12,19H2,(H,21,22);(H,6,7)/b13-9-;. The first-order valence-corrected chi connectivity index (χ1v) is 8.36. The van der Waals surface area contributed by atoms with Crippen LogP contribution in [0.15, 0.2) is 60.6 Å². The normalized spacial score (nSPS) is 11.2. The van der Waals surface area contributed by atoms with E-state index in [1.807, 2.05) is 18.2 Å². The molecule has 2 rings (SSSR count). The number of pyridine rings is 1. The molecule has 0 unspecified atom stereocenters. The molecular weight excluding hydrogens is 410 g/mol. The fraction of sp³-hybridized carbons (Fsp3) is 0.211. The monoisotopic (exact) mass is 429 g/mol. The molecule has 30 heavy (non-hydrogen) atoms. The van der Waals surface area contributed by atoms with Crippen molar-refractivity contribution < 1.29 is 37.0 Å². The van der Waals surface area contributed by atoms with Crippen molar-refractivity contribution in [3.8, 4) is 5.75 Å². The van der Waals surface area contributed by atoms with Gasteiger partial charge in [0.15, 0.2) is 0 Å². The van der Waals surface area contributed by atoms with Gasteiger partial charge in [-0.05, 0) is 36.4 Å². The van der Waals surface area contributed by atoms with Crippen LogP contribution in [0.1, 0.15) is 16.1 Å². The quantitative estimate of drug-likeness (QED) is 0.583. The van der Waals surface area contributed by atoms with Crippen LogP contribution >= 0.6 is 0 Å². The van der Waals surface area contributed by atoms with Gasteiger partial charge in [-0.2, -0.15) is 13.2 Å². The fourth-order valence-electron chi connectivity index (χ4n) is 1.79. The topological polar surface area (TPSA) is 115 Å². The van der Waals surface area contributed by atoms with E-state index in [-0.39, 0.29) is 19.1 Å². The molecule has 0 fully saturated rings. The highest BCUT2D eigenvalue weighted by atomic mass is 19.4. The first kappa shape index (κ1) is 24.6. The number of aromatic nitrogens is 1. The molecule has 162 valence electrons. The lowest BCUT2D eigenvalue weighted by molar-refractivity contribution is -0.192. The van der Waals surface area contributed by atoms with Crippen molar-refractivity contribution >= 4 is 11.9 Å². The van der Waals surface area contributed by atoms with Crippen LogP contribution in [0, 0.1) is 0 Å². The van der Waals surface area contributed by atoms with Crippen molar-refractivity contribution in [3.63, 3.8) is 0 Å². The van der Waals surface area contributed by atoms with E-state index in [2.05, 4.69) is 10.3 Å². The molecule has 0 aliphatic heterocycles. The van der Waals surface area contributed by atoms with E-state index >= 15 is 0 Å². The number of aliphatic carboxylic acids is 1. The SMILES string of the molecule is NC/C(=C/F)COc1ccc(C(=O)NCc2ccccn2)cc1.O=C(O)C(F)(F)F. The first-order chi connectivity index (χ1) is 14.2. The minimum Gasteiger partial charge on any atom is -0.489 e. The van der Waals surface area contributed by atoms with E-state index in [0.717, 1.165) is 5.69 Å². The zero-order chi connectivity index (χ0) is 22.6. The van der Waals surface area contributed by atoms with E-state index in [0.29, 0.717) is 29.8 Å². The summed E-state index contributed by atoms with van der Waals surface area (Å²) in [6.07, 6.45) is -2.96. The fourth-order valence-corrected chi connectivity index (χ4v) is 1.79. The molecule has 0 radical (unpaired) electrons. The van der Waals surface area contributed by atoms with E-state index in [9.17, 15) is 22.4 Å². The Morgan fingerprint density at radius 1 is 1.17 bits per heavy atom. The number of hydrogen-bond acceptors (Lipinski definition) is 5. The smallest absolute Gasteiger partial charge is 0.489 e. The molecule has 2 aromatic rings. The Balaban J connectivity index is 0.000000553. The van der Waals surface area contributed by atoms with Gasteiger partial charge in [0, 0.05) is 23.9 Å². The van der Waals surface area contributed by atoms with E-state index in [4.69, 9.17) is 20.4 Å². The van der Waals surface area contributed by atoms with E-state index < -0.39 is 12.1 Å². The van der Waals surface area contributed by atoms with E-state index in [1.54, 1.807) is 30.5 Å². The van der Waals surface area contributed by atoms with Gasteiger partial charge >= 0.3 is 12.1 Å². The van der Waals surface area contributed by atoms with Crippen LogP contribution in [0.25, 0.3) is 0 Å². The Bertz CT molecular complexity index is 841. The lowest BCUT2D eigenvalue weighted by Crippen LogP contribution is -2.23. The molecule has 0 spiro atoms. The largest absolute Gasteiger partial charge is 0.490 e. The number of hydrogen-bond donors (Lipinski definition) is 3. The summed E-state index contributed by atoms with van der Waals surface area (Å²) in [5, 5.41) is 9.91.